The van der Waals surface area contributed by atoms with Crippen LogP contribution in [0.25, 0.3) is 11.1 Å². The first kappa shape index (κ1) is 15.0. The predicted octanol–water partition coefficient (Wildman–Crippen LogP) is 3.07. The molecule has 0 aliphatic heterocycles. The molecule has 2 rings (SSSR count). The number of carbonyl (C=O) groups excluding carboxylic acids is 1. The van der Waals surface area contributed by atoms with Gasteiger partial charge in [-0.1, -0.05) is 6.07 Å². The van der Waals surface area contributed by atoms with E-state index < -0.39 is 24.4 Å². The minimum atomic E-state index is -4.99. The van der Waals surface area contributed by atoms with Gasteiger partial charge in [0.1, 0.15) is 5.82 Å². The van der Waals surface area contributed by atoms with Crippen molar-refractivity contribution in [3.05, 3.63) is 54.1 Å². The Morgan fingerprint density at radius 1 is 1.10 bits per heavy atom. The Morgan fingerprint density at radius 2 is 1.76 bits per heavy atom. The Labute approximate surface area is 117 Å². The lowest BCUT2D eigenvalue weighted by Crippen LogP contribution is -2.36. The van der Waals surface area contributed by atoms with Crippen LogP contribution in [0.4, 0.5) is 17.6 Å². The lowest BCUT2D eigenvalue weighted by atomic mass is 10.0. The number of hydrogen-bond acceptors (Lipinski definition) is 2. The second-order valence-electron chi connectivity index (χ2n) is 4.22. The molecule has 1 heterocycles. The van der Waals surface area contributed by atoms with E-state index in [0.29, 0.717) is 5.56 Å². The van der Waals surface area contributed by atoms with E-state index in [1.807, 2.05) is 0 Å². The zero-order valence-electron chi connectivity index (χ0n) is 10.6. The summed E-state index contributed by atoms with van der Waals surface area (Å²) in [6.07, 6.45) is -1.90. The predicted molar refractivity (Wildman–Crippen MR) is 67.5 cm³/mol. The average Bonchev–Trinajstić information content (AvgIpc) is 2.46. The lowest BCUT2D eigenvalue weighted by Gasteiger charge is -2.10. The lowest BCUT2D eigenvalue weighted by molar-refractivity contribution is -0.173. The molecule has 0 aliphatic carbocycles. The summed E-state index contributed by atoms with van der Waals surface area (Å²) in [5, 5.41) is 1.64. The fourth-order valence-corrected chi connectivity index (χ4v) is 1.71. The van der Waals surface area contributed by atoms with Crippen LogP contribution >= 0.6 is 0 Å². The van der Waals surface area contributed by atoms with Gasteiger partial charge in [0.2, 0.25) is 0 Å². The van der Waals surface area contributed by atoms with Gasteiger partial charge in [-0.25, -0.2) is 4.39 Å². The number of alkyl halides is 3. The smallest absolute Gasteiger partial charge is 0.344 e. The maximum atomic E-state index is 13.6. The molecule has 0 bridgehead atoms. The van der Waals surface area contributed by atoms with Crippen LogP contribution in [0.3, 0.4) is 0 Å². The molecule has 1 aromatic heterocycles. The molecular weight excluding hydrogens is 288 g/mol. The van der Waals surface area contributed by atoms with E-state index in [9.17, 15) is 22.4 Å². The highest BCUT2D eigenvalue weighted by molar-refractivity contribution is 5.81. The summed E-state index contributed by atoms with van der Waals surface area (Å²) in [7, 11) is 0. The normalized spacial score (nSPS) is 11.2. The van der Waals surface area contributed by atoms with Gasteiger partial charge in [-0.3, -0.25) is 9.78 Å². The Kier molecular flexibility index (Phi) is 4.21. The Bertz CT molecular complexity index is 641. The molecule has 110 valence electrons. The quantitative estimate of drug-likeness (QED) is 0.885. The van der Waals surface area contributed by atoms with Crippen LogP contribution in [0.2, 0.25) is 0 Å². The van der Waals surface area contributed by atoms with Gasteiger partial charge in [0.15, 0.2) is 0 Å². The van der Waals surface area contributed by atoms with Gasteiger partial charge in [-0.05, 0) is 35.4 Å². The van der Waals surface area contributed by atoms with E-state index in [1.165, 1.54) is 12.1 Å². The molecule has 0 saturated heterocycles. The Balaban J connectivity index is 2.19. The maximum absolute atomic E-state index is 13.6. The third-order valence-electron chi connectivity index (χ3n) is 2.76. The first-order chi connectivity index (χ1) is 9.88. The van der Waals surface area contributed by atoms with Gasteiger partial charge in [0.05, 0.1) is 0 Å². The summed E-state index contributed by atoms with van der Waals surface area (Å²) in [4.78, 5) is 14.6. The molecule has 3 nitrogen and oxygen atoms in total. The van der Waals surface area contributed by atoms with Crippen LogP contribution in [-0.2, 0) is 11.3 Å². The number of hydrogen-bond donors (Lipinski definition) is 1. The second kappa shape index (κ2) is 5.90. The molecule has 1 N–H and O–H groups in total. The van der Waals surface area contributed by atoms with Gasteiger partial charge < -0.3 is 5.32 Å². The molecule has 2 aromatic rings. The molecule has 1 aromatic carbocycles. The van der Waals surface area contributed by atoms with Crippen LogP contribution < -0.4 is 5.32 Å². The number of rotatable bonds is 3. The molecule has 1 amide bonds. The van der Waals surface area contributed by atoms with Gasteiger partial charge >= 0.3 is 12.1 Å². The van der Waals surface area contributed by atoms with Crippen molar-refractivity contribution in [3.63, 3.8) is 0 Å². The molecule has 7 heteroatoms. The highest BCUT2D eigenvalue weighted by Gasteiger charge is 2.38. The van der Waals surface area contributed by atoms with Gasteiger partial charge in [-0.15, -0.1) is 0 Å². The fourth-order valence-electron chi connectivity index (χ4n) is 1.71. The van der Waals surface area contributed by atoms with Crippen molar-refractivity contribution >= 4 is 5.91 Å². The maximum Gasteiger partial charge on any atom is 0.471 e. The SMILES string of the molecule is O=C(NCc1cc(-c2ccncc2)ccc1F)C(F)(F)F. The van der Waals surface area contributed by atoms with Gasteiger partial charge in [-0.2, -0.15) is 13.2 Å². The Hall–Kier alpha value is -2.44. The molecule has 0 atom stereocenters. The van der Waals surface area contributed by atoms with E-state index in [-0.39, 0.29) is 5.56 Å². The van der Waals surface area contributed by atoms with Crippen molar-refractivity contribution in [2.24, 2.45) is 0 Å². The van der Waals surface area contributed by atoms with E-state index in [1.54, 1.807) is 29.8 Å². The number of nitrogens with one attached hydrogen (secondary N) is 1. The summed E-state index contributed by atoms with van der Waals surface area (Å²) >= 11 is 0. The van der Waals surface area contributed by atoms with E-state index in [2.05, 4.69) is 4.98 Å². The van der Waals surface area contributed by atoms with Crippen molar-refractivity contribution in [2.45, 2.75) is 12.7 Å². The topological polar surface area (TPSA) is 42.0 Å². The minimum absolute atomic E-state index is 0.0260. The number of pyridine rings is 1. The van der Waals surface area contributed by atoms with Crippen LogP contribution in [0, 0.1) is 5.82 Å². The van der Waals surface area contributed by atoms with E-state index in [0.717, 1.165) is 11.6 Å². The number of carbonyl (C=O) groups is 1. The number of nitrogens with zero attached hydrogens (tertiary/aromatic N) is 1. The average molecular weight is 298 g/mol. The highest BCUT2D eigenvalue weighted by Crippen LogP contribution is 2.22. The van der Waals surface area contributed by atoms with Gasteiger partial charge in [0.25, 0.3) is 0 Å². The van der Waals surface area contributed by atoms with Crippen molar-refractivity contribution in [1.29, 1.82) is 0 Å². The standard InChI is InChI=1S/C14H10F4N2O/c15-12-2-1-10(9-3-5-19-6-4-9)7-11(12)8-20-13(21)14(16,17)18/h1-7H,8H2,(H,20,21). The molecule has 0 fully saturated rings. The van der Waals surface area contributed by atoms with Crippen LogP contribution in [0.1, 0.15) is 5.56 Å². The first-order valence-electron chi connectivity index (χ1n) is 5.92. The van der Waals surface area contributed by atoms with E-state index in [4.69, 9.17) is 0 Å². The highest BCUT2D eigenvalue weighted by atomic mass is 19.4. The zero-order chi connectivity index (χ0) is 15.5. The molecule has 21 heavy (non-hydrogen) atoms. The van der Waals surface area contributed by atoms with E-state index >= 15 is 0 Å². The third kappa shape index (κ3) is 3.77. The van der Waals surface area contributed by atoms with Crippen LogP contribution in [0.15, 0.2) is 42.7 Å². The van der Waals surface area contributed by atoms with Crippen molar-refractivity contribution < 1.29 is 22.4 Å². The van der Waals surface area contributed by atoms with Gasteiger partial charge in [0, 0.05) is 24.5 Å². The van der Waals surface area contributed by atoms with Crippen LogP contribution in [-0.4, -0.2) is 17.1 Å². The summed E-state index contributed by atoms with van der Waals surface area (Å²) < 4.78 is 49.8. The monoisotopic (exact) mass is 298 g/mol. The fraction of sp³-hybridized carbons (Fsp3) is 0.143. The summed E-state index contributed by atoms with van der Waals surface area (Å²) in [5.74, 6) is -2.79. The van der Waals surface area contributed by atoms with Crippen molar-refractivity contribution in [1.82, 2.24) is 10.3 Å². The minimum Gasteiger partial charge on any atom is -0.344 e. The largest absolute Gasteiger partial charge is 0.471 e. The zero-order valence-corrected chi connectivity index (χ0v) is 10.6. The molecule has 0 aliphatic rings. The number of benzene rings is 1. The van der Waals surface area contributed by atoms with Crippen LogP contribution in [0.5, 0.6) is 0 Å². The molecule has 0 radical (unpaired) electrons. The third-order valence-corrected chi connectivity index (χ3v) is 2.76. The first-order valence-corrected chi connectivity index (χ1v) is 5.92. The van der Waals surface area contributed by atoms with Crippen molar-refractivity contribution in [2.75, 3.05) is 0 Å². The molecule has 0 unspecified atom stereocenters. The number of halogens is 4. The van der Waals surface area contributed by atoms with Crippen molar-refractivity contribution in [3.8, 4) is 11.1 Å². The second-order valence-corrected chi connectivity index (χ2v) is 4.22. The summed E-state index contributed by atoms with van der Waals surface area (Å²) in [5.41, 5.74) is 1.34. The summed E-state index contributed by atoms with van der Waals surface area (Å²) in [6.45, 7) is -0.539. The summed E-state index contributed by atoms with van der Waals surface area (Å²) in [6, 6.07) is 7.41. The molecule has 0 spiro atoms. The molecular formula is C14H10F4N2O. The molecule has 0 saturated carbocycles. The Morgan fingerprint density at radius 3 is 2.38 bits per heavy atom. The number of amides is 1. The number of aromatic nitrogens is 1.